The minimum absolute atomic E-state index is 0.0183. The van der Waals surface area contributed by atoms with Gasteiger partial charge in [0.25, 0.3) is 15.0 Å². The molecule has 8 heteroatoms. The molecule has 2 aromatic rings. The van der Waals surface area contributed by atoms with E-state index in [0.717, 1.165) is 5.56 Å². The molecule has 0 fully saturated rings. The summed E-state index contributed by atoms with van der Waals surface area (Å²) in [6.07, 6.45) is 2.80. The number of rotatable bonds is 4. The third-order valence-electron chi connectivity index (χ3n) is 2.86. The second-order valence-corrected chi connectivity index (χ2v) is 6.90. The second kappa shape index (κ2) is 6.19. The highest BCUT2D eigenvalue weighted by molar-refractivity contribution is 8.13. The maximum atomic E-state index is 12.0. The third kappa shape index (κ3) is 3.99. The first-order valence-electron chi connectivity index (χ1n) is 6.00. The summed E-state index contributed by atoms with van der Waals surface area (Å²) in [5, 5.41) is 10.0. The van der Waals surface area contributed by atoms with Gasteiger partial charge in [-0.1, -0.05) is 12.1 Å². The number of hydrogen-bond acceptors (Lipinski definition) is 5. The van der Waals surface area contributed by atoms with E-state index in [4.69, 9.17) is 10.7 Å². The van der Waals surface area contributed by atoms with Gasteiger partial charge in [-0.05, 0) is 30.7 Å². The zero-order chi connectivity index (χ0) is 15.5. The van der Waals surface area contributed by atoms with Crippen molar-refractivity contribution in [1.29, 1.82) is 0 Å². The zero-order valence-electron chi connectivity index (χ0n) is 11.0. The standard InChI is InChI=1S/C13H12ClN3O3S/c1-9(17-13(18)11-6-7-15-16-8-11)10-2-4-12(5-3-10)21(14,19)20/h2-9H,1H3,(H,17,18). The number of nitrogens with zero attached hydrogens (tertiary/aromatic N) is 2. The molecule has 0 spiro atoms. The lowest BCUT2D eigenvalue weighted by molar-refractivity contribution is 0.0939. The molecule has 1 aromatic heterocycles. The summed E-state index contributed by atoms with van der Waals surface area (Å²) in [5.74, 6) is -0.286. The van der Waals surface area contributed by atoms with E-state index in [1.807, 2.05) is 0 Å². The van der Waals surface area contributed by atoms with Gasteiger partial charge < -0.3 is 5.32 Å². The van der Waals surface area contributed by atoms with Crippen LogP contribution in [0.4, 0.5) is 0 Å². The predicted molar refractivity (Wildman–Crippen MR) is 77.4 cm³/mol. The SMILES string of the molecule is CC(NC(=O)c1ccnnc1)c1ccc(S(=O)(=O)Cl)cc1. The van der Waals surface area contributed by atoms with E-state index in [0.29, 0.717) is 5.56 Å². The summed E-state index contributed by atoms with van der Waals surface area (Å²) in [4.78, 5) is 12.0. The molecule has 1 unspecified atom stereocenters. The fraction of sp³-hybridized carbons (Fsp3) is 0.154. The van der Waals surface area contributed by atoms with Crippen LogP contribution in [0, 0.1) is 0 Å². The first-order chi connectivity index (χ1) is 9.88. The van der Waals surface area contributed by atoms with Gasteiger partial charge in [-0.3, -0.25) is 4.79 Å². The maximum Gasteiger partial charge on any atom is 0.261 e. The molecule has 0 aliphatic rings. The van der Waals surface area contributed by atoms with Crippen molar-refractivity contribution in [3.05, 3.63) is 53.9 Å². The second-order valence-electron chi connectivity index (χ2n) is 4.33. The summed E-state index contributed by atoms with van der Waals surface area (Å²) < 4.78 is 22.3. The van der Waals surface area contributed by atoms with Crippen molar-refractivity contribution < 1.29 is 13.2 Å². The Morgan fingerprint density at radius 1 is 1.19 bits per heavy atom. The Morgan fingerprint density at radius 3 is 2.38 bits per heavy atom. The van der Waals surface area contributed by atoms with Crippen LogP contribution in [-0.4, -0.2) is 24.5 Å². The minimum Gasteiger partial charge on any atom is -0.345 e. The average molecular weight is 326 g/mol. The highest BCUT2D eigenvalue weighted by Crippen LogP contribution is 2.19. The van der Waals surface area contributed by atoms with E-state index < -0.39 is 9.05 Å². The molecule has 110 valence electrons. The molecule has 0 radical (unpaired) electrons. The van der Waals surface area contributed by atoms with Crippen LogP contribution in [0.5, 0.6) is 0 Å². The molecule has 0 saturated heterocycles. The largest absolute Gasteiger partial charge is 0.345 e. The Kier molecular flexibility index (Phi) is 4.54. The molecule has 1 aromatic carbocycles. The summed E-state index contributed by atoms with van der Waals surface area (Å²) in [6.45, 7) is 1.79. The van der Waals surface area contributed by atoms with Gasteiger partial charge in [-0.25, -0.2) is 8.42 Å². The molecule has 0 saturated carbocycles. The van der Waals surface area contributed by atoms with Crippen molar-refractivity contribution in [1.82, 2.24) is 15.5 Å². The van der Waals surface area contributed by atoms with Crippen LogP contribution in [0.1, 0.15) is 28.9 Å². The molecule has 1 N–H and O–H groups in total. The topological polar surface area (TPSA) is 89.0 Å². The molecule has 2 rings (SSSR count). The van der Waals surface area contributed by atoms with E-state index in [1.165, 1.54) is 24.5 Å². The number of carbonyl (C=O) groups is 1. The Morgan fingerprint density at radius 2 is 1.86 bits per heavy atom. The molecule has 1 atom stereocenters. The van der Waals surface area contributed by atoms with Crippen LogP contribution in [0.3, 0.4) is 0 Å². The lowest BCUT2D eigenvalue weighted by atomic mass is 10.1. The smallest absolute Gasteiger partial charge is 0.261 e. The molecular weight excluding hydrogens is 314 g/mol. The normalized spacial score (nSPS) is 12.7. The molecule has 6 nitrogen and oxygen atoms in total. The zero-order valence-corrected chi connectivity index (χ0v) is 12.6. The van der Waals surface area contributed by atoms with Gasteiger partial charge in [0.1, 0.15) is 0 Å². The molecule has 21 heavy (non-hydrogen) atoms. The maximum absolute atomic E-state index is 12.0. The molecular formula is C13H12ClN3O3S. The molecule has 1 amide bonds. The molecule has 1 heterocycles. The van der Waals surface area contributed by atoms with Crippen molar-refractivity contribution in [2.45, 2.75) is 17.9 Å². The van der Waals surface area contributed by atoms with E-state index >= 15 is 0 Å². The van der Waals surface area contributed by atoms with Crippen LogP contribution in [0.2, 0.25) is 0 Å². The first-order valence-corrected chi connectivity index (χ1v) is 8.31. The molecule has 0 aliphatic heterocycles. The van der Waals surface area contributed by atoms with Crippen LogP contribution in [-0.2, 0) is 9.05 Å². The highest BCUT2D eigenvalue weighted by atomic mass is 35.7. The molecule has 0 bridgehead atoms. The van der Waals surface area contributed by atoms with Crippen molar-refractivity contribution in [3.63, 3.8) is 0 Å². The number of hydrogen-bond donors (Lipinski definition) is 1. The van der Waals surface area contributed by atoms with Gasteiger partial charge in [-0.15, -0.1) is 0 Å². The van der Waals surface area contributed by atoms with Crippen LogP contribution < -0.4 is 5.32 Å². The Bertz CT molecular complexity index is 733. The van der Waals surface area contributed by atoms with Gasteiger partial charge in [0.05, 0.1) is 28.9 Å². The van der Waals surface area contributed by atoms with Crippen molar-refractivity contribution in [2.24, 2.45) is 0 Å². The number of benzene rings is 1. The summed E-state index contributed by atoms with van der Waals surface area (Å²) in [6, 6.07) is 7.26. The fourth-order valence-electron chi connectivity index (χ4n) is 1.71. The summed E-state index contributed by atoms with van der Waals surface area (Å²) in [7, 11) is 1.50. The summed E-state index contributed by atoms with van der Waals surface area (Å²) >= 11 is 0. The Hall–Kier alpha value is -1.99. The number of aromatic nitrogens is 2. The third-order valence-corrected chi connectivity index (χ3v) is 4.23. The Balaban J connectivity index is 2.10. The summed E-state index contributed by atoms with van der Waals surface area (Å²) in [5.41, 5.74) is 1.16. The van der Waals surface area contributed by atoms with Crippen molar-refractivity contribution >= 4 is 25.6 Å². The number of amides is 1. The van der Waals surface area contributed by atoms with Crippen molar-refractivity contribution in [2.75, 3.05) is 0 Å². The predicted octanol–water partition coefficient (Wildman–Crippen LogP) is 1.90. The van der Waals surface area contributed by atoms with Gasteiger partial charge in [0.2, 0.25) is 0 Å². The lowest BCUT2D eigenvalue weighted by Crippen LogP contribution is -2.26. The monoisotopic (exact) mass is 325 g/mol. The number of halogens is 1. The van der Waals surface area contributed by atoms with Gasteiger partial charge in [0, 0.05) is 10.7 Å². The number of carbonyl (C=O) groups excluding carboxylic acids is 1. The van der Waals surface area contributed by atoms with Gasteiger partial charge >= 0.3 is 0 Å². The van der Waals surface area contributed by atoms with E-state index in [9.17, 15) is 13.2 Å². The lowest BCUT2D eigenvalue weighted by Gasteiger charge is -2.14. The van der Waals surface area contributed by atoms with Crippen LogP contribution in [0.25, 0.3) is 0 Å². The highest BCUT2D eigenvalue weighted by Gasteiger charge is 2.14. The first kappa shape index (κ1) is 15.4. The average Bonchev–Trinajstić information content (AvgIpc) is 2.47. The molecule has 0 aliphatic carbocycles. The Labute approximate surface area is 126 Å². The minimum atomic E-state index is -3.74. The van der Waals surface area contributed by atoms with E-state index in [1.54, 1.807) is 25.1 Å². The van der Waals surface area contributed by atoms with Gasteiger partial charge in [-0.2, -0.15) is 10.2 Å². The van der Waals surface area contributed by atoms with Crippen LogP contribution in [0.15, 0.2) is 47.6 Å². The number of nitrogens with one attached hydrogen (secondary N) is 1. The van der Waals surface area contributed by atoms with E-state index in [-0.39, 0.29) is 16.8 Å². The van der Waals surface area contributed by atoms with E-state index in [2.05, 4.69) is 15.5 Å². The van der Waals surface area contributed by atoms with Crippen LogP contribution >= 0.6 is 10.7 Å². The quantitative estimate of drug-likeness (QED) is 0.867. The van der Waals surface area contributed by atoms with Crippen molar-refractivity contribution in [3.8, 4) is 0 Å². The van der Waals surface area contributed by atoms with Gasteiger partial charge in [0.15, 0.2) is 0 Å². The fourth-order valence-corrected chi connectivity index (χ4v) is 2.48.